The quantitative estimate of drug-likeness (QED) is 0.312. The number of amides is 4. The standard InChI is InChI=1S/C30H51N7O8Si2/c1-13-41-26-23-25(34-28(35-26)32-20(10)38)37(15-31-23)27-30(12,36-29(40)33-21(11)39)24-22(43-27)14-42-46(16(2)3,17(4)5)45-47(44-24,18(6)7)19(8)9/h15-19,22,24,27H,13-14H2,1-12H3,(H,32,34,35,38)(H2,33,36,39,40)/t22-,24?,27-,30-/m1/s1. The van der Waals surface area contributed by atoms with E-state index in [1.807, 2.05) is 13.8 Å². The number of imidazole rings is 1. The minimum absolute atomic E-state index is 0.0133. The first kappa shape index (κ1) is 36.9. The van der Waals surface area contributed by atoms with E-state index in [-0.39, 0.29) is 46.5 Å². The molecule has 2 aliphatic rings. The van der Waals surface area contributed by atoms with Crippen LogP contribution in [0.3, 0.4) is 0 Å². The predicted octanol–water partition coefficient (Wildman–Crippen LogP) is 4.64. The molecule has 15 nitrogen and oxygen atoms in total. The second kappa shape index (κ2) is 13.9. The molecule has 2 aromatic rings. The minimum Gasteiger partial charge on any atom is -0.476 e. The lowest BCUT2D eigenvalue weighted by Gasteiger charge is -2.52. The molecule has 0 bridgehead atoms. The molecule has 0 aromatic carbocycles. The molecule has 1 unspecified atom stereocenters. The van der Waals surface area contributed by atoms with Crippen molar-refractivity contribution in [1.29, 1.82) is 0 Å². The molecule has 2 aliphatic heterocycles. The summed E-state index contributed by atoms with van der Waals surface area (Å²) < 4.78 is 35.9. The number of rotatable bonds is 9. The molecule has 47 heavy (non-hydrogen) atoms. The maximum atomic E-state index is 13.3. The van der Waals surface area contributed by atoms with Gasteiger partial charge in [-0.3, -0.25) is 24.8 Å². The van der Waals surface area contributed by atoms with Crippen LogP contribution in [0.5, 0.6) is 5.88 Å². The fourth-order valence-corrected chi connectivity index (χ4v) is 18.1. The van der Waals surface area contributed by atoms with E-state index in [4.69, 9.17) is 22.4 Å². The zero-order chi connectivity index (χ0) is 35.1. The number of hydrogen-bond acceptors (Lipinski definition) is 11. The Morgan fingerprint density at radius 1 is 1.00 bits per heavy atom. The summed E-state index contributed by atoms with van der Waals surface area (Å²) in [5.41, 5.74) is -0.410. The van der Waals surface area contributed by atoms with Gasteiger partial charge in [-0.25, -0.2) is 9.78 Å². The monoisotopic (exact) mass is 693 g/mol. The number of urea groups is 1. The zero-order valence-electron chi connectivity index (χ0n) is 29.6. The molecule has 0 spiro atoms. The molecule has 0 radical (unpaired) electrons. The summed E-state index contributed by atoms with van der Waals surface area (Å²) in [4.78, 5) is 50.8. The number of anilines is 1. The lowest BCUT2D eigenvalue weighted by molar-refractivity contribution is -0.118. The van der Waals surface area contributed by atoms with Gasteiger partial charge in [-0.05, 0) is 36.0 Å². The second-order valence-electron chi connectivity index (χ2n) is 13.7. The first-order valence-electron chi connectivity index (χ1n) is 16.3. The average molecular weight is 694 g/mol. The molecule has 0 saturated carbocycles. The van der Waals surface area contributed by atoms with Crippen molar-refractivity contribution in [2.24, 2.45) is 0 Å². The molecule has 4 rings (SSSR count). The van der Waals surface area contributed by atoms with E-state index in [0.717, 1.165) is 0 Å². The number of hydrogen-bond donors (Lipinski definition) is 3. The van der Waals surface area contributed by atoms with E-state index in [0.29, 0.717) is 17.8 Å². The second-order valence-corrected chi connectivity index (χ2v) is 22.6. The summed E-state index contributed by atoms with van der Waals surface area (Å²) in [6.45, 7) is 23.7. The van der Waals surface area contributed by atoms with Crippen LogP contribution < -0.4 is 20.7 Å². The van der Waals surface area contributed by atoms with Gasteiger partial charge in [-0.2, -0.15) is 9.97 Å². The van der Waals surface area contributed by atoms with Crippen LogP contribution in [0, 0.1) is 0 Å². The highest BCUT2D eigenvalue weighted by Crippen LogP contribution is 2.51. The zero-order valence-corrected chi connectivity index (χ0v) is 31.6. The van der Waals surface area contributed by atoms with Crippen LogP contribution in [-0.2, 0) is 27.3 Å². The van der Waals surface area contributed by atoms with Crippen molar-refractivity contribution >= 4 is 52.1 Å². The van der Waals surface area contributed by atoms with E-state index in [1.54, 1.807) is 4.57 Å². The predicted molar refractivity (Wildman–Crippen MR) is 179 cm³/mol. The highest BCUT2D eigenvalue weighted by atomic mass is 28.5. The topological polar surface area (TPSA) is 177 Å². The van der Waals surface area contributed by atoms with E-state index >= 15 is 0 Å². The summed E-state index contributed by atoms with van der Waals surface area (Å²) >= 11 is 0. The van der Waals surface area contributed by atoms with Gasteiger partial charge in [0, 0.05) is 13.8 Å². The van der Waals surface area contributed by atoms with Gasteiger partial charge in [0.25, 0.3) is 0 Å². The number of ether oxygens (including phenoxy) is 2. The van der Waals surface area contributed by atoms with E-state index in [9.17, 15) is 14.4 Å². The van der Waals surface area contributed by atoms with Crippen LogP contribution >= 0.6 is 0 Å². The molecule has 2 aromatic heterocycles. The van der Waals surface area contributed by atoms with E-state index in [2.05, 4.69) is 86.3 Å². The van der Waals surface area contributed by atoms with Crippen LogP contribution in [0.15, 0.2) is 6.33 Å². The summed E-state index contributed by atoms with van der Waals surface area (Å²) in [6, 6.07) is -0.718. The molecule has 4 heterocycles. The van der Waals surface area contributed by atoms with Crippen molar-refractivity contribution in [3.05, 3.63) is 6.33 Å². The Kier molecular flexibility index (Phi) is 10.9. The SMILES string of the molecule is CCOc1nc(NC(C)=O)nc2c1ncn2[C@@H]1O[C@@H]2CO[Si](C(C)C)(C(C)C)O[Si](C(C)C)(C(C)C)OC2[C@@]1(C)NC(=O)NC(C)=O. The number of aromatic nitrogens is 4. The van der Waals surface area contributed by atoms with Crippen molar-refractivity contribution < 1.29 is 36.8 Å². The van der Waals surface area contributed by atoms with Crippen molar-refractivity contribution in [1.82, 2.24) is 30.2 Å². The number of nitrogens with one attached hydrogen (secondary N) is 3. The lowest BCUT2D eigenvalue weighted by atomic mass is 9.92. The molecular formula is C30H51N7O8Si2. The van der Waals surface area contributed by atoms with E-state index in [1.165, 1.54) is 20.2 Å². The number of imide groups is 1. The number of nitrogens with zero attached hydrogens (tertiary/aromatic N) is 4. The van der Waals surface area contributed by atoms with Gasteiger partial charge in [0.05, 0.1) is 19.5 Å². The maximum absolute atomic E-state index is 13.3. The molecular weight excluding hydrogens is 643 g/mol. The summed E-state index contributed by atoms with van der Waals surface area (Å²) in [7, 11) is -6.05. The summed E-state index contributed by atoms with van der Waals surface area (Å²) in [6.07, 6.45) is -0.856. The Labute approximate surface area is 278 Å². The van der Waals surface area contributed by atoms with Gasteiger partial charge in [0.15, 0.2) is 17.4 Å². The summed E-state index contributed by atoms with van der Waals surface area (Å²) in [5.74, 6) is -0.690. The maximum Gasteiger partial charge on any atom is 0.335 e. The van der Waals surface area contributed by atoms with Crippen LogP contribution in [0.2, 0.25) is 22.2 Å². The first-order valence-corrected chi connectivity index (χ1v) is 20.3. The van der Waals surface area contributed by atoms with E-state index < -0.39 is 53.0 Å². The van der Waals surface area contributed by atoms with Crippen molar-refractivity contribution in [2.75, 3.05) is 18.5 Å². The minimum atomic E-state index is -3.15. The number of fused-ring (bicyclic) bond motifs is 2. The van der Waals surface area contributed by atoms with Gasteiger partial charge in [-0.1, -0.05) is 55.4 Å². The van der Waals surface area contributed by atoms with Gasteiger partial charge in [0.2, 0.25) is 23.6 Å². The fraction of sp³-hybridized carbons (Fsp3) is 0.733. The fourth-order valence-electron chi connectivity index (χ4n) is 6.79. The average Bonchev–Trinajstić information content (AvgIpc) is 3.45. The number of carbonyl (C=O) groups excluding carboxylic acids is 3. The van der Waals surface area contributed by atoms with Crippen molar-refractivity contribution in [3.8, 4) is 5.88 Å². The van der Waals surface area contributed by atoms with Gasteiger partial charge in [0.1, 0.15) is 17.7 Å². The molecule has 262 valence electrons. The molecule has 17 heteroatoms. The highest BCUT2D eigenvalue weighted by molar-refractivity contribution is 6.84. The Morgan fingerprint density at radius 2 is 1.62 bits per heavy atom. The Balaban J connectivity index is 1.95. The van der Waals surface area contributed by atoms with Gasteiger partial charge < -0.3 is 27.8 Å². The largest absolute Gasteiger partial charge is 0.476 e. The van der Waals surface area contributed by atoms with Gasteiger partial charge >= 0.3 is 23.2 Å². The summed E-state index contributed by atoms with van der Waals surface area (Å²) in [5, 5.41) is 7.96. The third-order valence-electron chi connectivity index (χ3n) is 8.95. The van der Waals surface area contributed by atoms with Crippen LogP contribution in [-0.4, -0.2) is 85.4 Å². The molecule has 3 N–H and O–H groups in total. The third-order valence-corrected chi connectivity index (χ3v) is 19.2. The van der Waals surface area contributed by atoms with Crippen LogP contribution in [0.25, 0.3) is 11.2 Å². The van der Waals surface area contributed by atoms with Crippen LogP contribution in [0.4, 0.5) is 10.7 Å². The molecule has 0 aliphatic carbocycles. The first-order chi connectivity index (χ1) is 21.9. The Morgan fingerprint density at radius 3 is 2.15 bits per heavy atom. The lowest BCUT2D eigenvalue weighted by Crippen LogP contribution is -2.69. The van der Waals surface area contributed by atoms with Crippen molar-refractivity contribution in [2.45, 2.75) is 129 Å². The molecule has 2 saturated heterocycles. The molecule has 4 amide bonds. The Hall–Kier alpha value is -2.97. The Bertz CT molecular complexity index is 1470. The van der Waals surface area contributed by atoms with Gasteiger partial charge in [-0.15, -0.1) is 0 Å². The molecule has 4 atom stereocenters. The number of carbonyl (C=O) groups is 3. The normalized spacial score (nSPS) is 25.5. The third kappa shape index (κ3) is 6.83. The highest BCUT2D eigenvalue weighted by Gasteiger charge is 2.65. The molecule has 2 fully saturated rings. The smallest absolute Gasteiger partial charge is 0.335 e. The van der Waals surface area contributed by atoms with Crippen LogP contribution in [0.1, 0.15) is 89.3 Å². The van der Waals surface area contributed by atoms with Crippen molar-refractivity contribution in [3.63, 3.8) is 0 Å².